The van der Waals surface area contributed by atoms with Gasteiger partial charge in [0.15, 0.2) is 0 Å². The average Bonchev–Trinajstić information content (AvgIpc) is 2.34. The summed E-state index contributed by atoms with van der Waals surface area (Å²) >= 11 is 5.78. The van der Waals surface area contributed by atoms with E-state index in [4.69, 9.17) is 16.3 Å². The molecule has 0 N–H and O–H groups in total. The Morgan fingerprint density at radius 3 is 2.60 bits per heavy atom. The van der Waals surface area contributed by atoms with Crippen molar-refractivity contribution in [2.75, 3.05) is 6.61 Å². The molecule has 20 heavy (non-hydrogen) atoms. The summed E-state index contributed by atoms with van der Waals surface area (Å²) in [5.41, 5.74) is 0.515. The number of rotatable bonds is 6. The van der Waals surface area contributed by atoms with Crippen LogP contribution >= 0.6 is 11.6 Å². The first-order chi connectivity index (χ1) is 9.25. The quantitative estimate of drug-likeness (QED) is 0.737. The van der Waals surface area contributed by atoms with Gasteiger partial charge in [-0.15, -0.1) is 0 Å². The maximum Gasteiger partial charge on any atom is 0.450 e. The van der Waals surface area contributed by atoms with E-state index in [1.807, 2.05) is 0 Å². The zero-order valence-electron chi connectivity index (χ0n) is 10.8. The highest BCUT2D eigenvalue weighted by molar-refractivity contribution is 6.30. The van der Waals surface area contributed by atoms with Gasteiger partial charge in [-0.05, 0) is 31.0 Å². The number of allylic oxidation sites excluding steroid dienone is 1. The van der Waals surface area contributed by atoms with Crippen molar-refractivity contribution in [1.82, 2.24) is 0 Å². The van der Waals surface area contributed by atoms with Gasteiger partial charge in [0, 0.05) is 5.02 Å². The van der Waals surface area contributed by atoms with Crippen LogP contribution in [0.3, 0.4) is 0 Å². The molecule has 1 aromatic carbocycles. The number of hydrogen-bond acceptors (Lipinski definition) is 2. The number of carbonyl (C=O) groups excluding carboxylic acids is 1. The Labute approximate surface area is 120 Å². The van der Waals surface area contributed by atoms with Crippen LogP contribution in [0.4, 0.5) is 13.2 Å². The summed E-state index contributed by atoms with van der Waals surface area (Å²) in [6.45, 7) is 5.18. The van der Waals surface area contributed by atoms with Crippen molar-refractivity contribution < 1.29 is 22.7 Å². The number of alkyl halides is 3. The van der Waals surface area contributed by atoms with Crippen LogP contribution in [0.25, 0.3) is 0 Å². The molecule has 0 saturated carbocycles. The molecule has 1 rings (SSSR count). The molecule has 0 aliphatic heterocycles. The van der Waals surface area contributed by atoms with Gasteiger partial charge in [-0.3, -0.25) is 4.79 Å². The maximum atomic E-state index is 12.6. The number of hydrogen-bond donors (Lipinski definition) is 0. The number of ether oxygens (including phenoxy) is 1. The molecule has 110 valence electrons. The van der Waals surface area contributed by atoms with Crippen LogP contribution in [0.2, 0.25) is 5.02 Å². The first-order valence-electron chi connectivity index (χ1n) is 5.92. The standard InChI is InChI=1S/C14H14ClF3O2/c1-3-20-9(2)12(13(19)14(16,17)18)8-10-5-4-6-11(15)7-10/h4-7,12H,2-3,8H2,1H3. The van der Waals surface area contributed by atoms with Crippen molar-refractivity contribution in [3.8, 4) is 0 Å². The van der Waals surface area contributed by atoms with E-state index >= 15 is 0 Å². The van der Waals surface area contributed by atoms with Crippen molar-refractivity contribution >= 4 is 17.4 Å². The summed E-state index contributed by atoms with van der Waals surface area (Å²) in [4.78, 5) is 11.5. The van der Waals surface area contributed by atoms with E-state index in [1.54, 1.807) is 25.1 Å². The number of carbonyl (C=O) groups is 1. The van der Waals surface area contributed by atoms with E-state index in [2.05, 4.69) is 6.58 Å². The lowest BCUT2D eigenvalue weighted by molar-refractivity contribution is -0.175. The molecule has 0 amide bonds. The molecular weight excluding hydrogens is 293 g/mol. The van der Waals surface area contributed by atoms with Crippen molar-refractivity contribution in [2.24, 2.45) is 5.92 Å². The molecule has 2 nitrogen and oxygen atoms in total. The Morgan fingerprint density at radius 2 is 2.10 bits per heavy atom. The average molecular weight is 307 g/mol. The molecule has 6 heteroatoms. The van der Waals surface area contributed by atoms with Crippen LogP contribution in [0.1, 0.15) is 12.5 Å². The second-order valence-corrected chi connectivity index (χ2v) is 4.58. The molecule has 0 aromatic heterocycles. The second kappa shape index (κ2) is 6.79. The fourth-order valence-corrected chi connectivity index (χ4v) is 1.95. The number of ketones is 1. The lowest BCUT2D eigenvalue weighted by Gasteiger charge is -2.20. The Balaban J connectivity index is 2.99. The molecule has 0 radical (unpaired) electrons. The Kier molecular flexibility index (Phi) is 5.62. The van der Waals surface area contributed by atoms with Crippen LogP contribution in [0.15, 0.2) is 36.6 Å². The minimum absolute atomic E-state index is 0.149. The third-order valence-electron chi connectivity index (χ3n) is 2.64. The molecule has 0 fully saturated rings. The van der Waals surface area contributed by atoms with Gasteiger partial charge in [0.25, 0.3) is 0 Å². The minimum Gasteiger partial charge on any atom is -0.498 e. The zero-order valence-corrected chi connectivity index (χ0v) is 11.6. The topological polar surface area (TPSA) is 26.3 Å². The normalized spacial score (nSPS) is 12.8. The Morgan fingerprint density at radius 1 is 1.45 bits per heavy atom. The summed E-state index contributed by atoms with van der Waals surface area (Å²) in [7, 11) is 0. The minimum atomic E-state index is -4.93. The molecule has 0 aliphatic rings. The van der Waals surface area contributed by atoms with E-state index in [1.165, 1.54) is 6.07 Å². The van der Waals surface area contributed by atoms with Crippen molar-refractivity contribution in [2.45, 2.75) is 19.5 Å². The summed E-state index contributed by atoms with van der Waals surface area (Å²) < 4.78 is 42.8. The van der Waals surface area contributed by atoms with Crippen LogP contribution in [-0.4, -0.2) is 18.6 Å². The van der Waals surface area contributed by atoms with E-state index in [9.17, 15) is 18.0 Å². The van der Waals surface area contributed by atoms with Crippen LogP contribution in [0.5, 0.6) is 0 Å². The van der Waals surface area contributed by atoms with Crippen molar-refractivity contribution in [3.63, 3.8) is 0 Å². The molecule has 0 heterocycles. The molecule has 0 saturated heterocycles. The van der Waals surface area contributed by atoms with Gasteiger partial charge in [0.1, 0.15) is 0 Å². The summed E-state index contributed by atoms with van der Waals surface area (Å²) in [6.07, 6.45) is -5.08. The molecule has 1 aromatic rings. The van der Waals surface area contributed by atoms with Crippen LogP contribution in [-0.2, 0) is 16.0 Å². The fraction of sp³-hybridized carbons (Fsp3) is 0.357. The van der Waals surface area contributed by atoms with E-state index in [0.29, 0.717) is 10.6 Å². The van der Waals surface area contributed by atoms with E-state index < -0.39 is 17.9 Å². The largest absolute Gasteiger partial charge is 0.498 e. The summed E-state index contributed by atoms with van der Waals surface area (Å²) in [5, 5.41) is 0.391. The van der Waals surface area contributed by atoms with Gasteiger partial charge in [0.2, 0.25) is 5.78 Å². The highest BCUT2D eigenvalue weighted by atomic mass is 35.5. The fourth-order valence-electron chi connectivity index (χ4n) is 1.74. The lowest BCUT2D eigenvalue weighted by Crippen LogP contribution is -2.33. The van der Waals surface area contributed by atoms with Gasteiger partial charge < -0.3 is 4.74 Å². The molecule has 1 atom stereocenters. The predicted octanol–water partition coefficient (Wildman–Crippen LogP) is 4.18. The first kappa shape index (κ1) is 16.6. The van der Waals surface area contributed by atoms with Gasteiger partial charge in [0.05, 0.1) is 18.3 Å². The van der Waals surface area contributed by atoms with Crippen LogP contribution in [0, 0.1) is 5.92 Å². The zero-order chi connectivity index (χ0) is 15.3. The molecule has 0 spiro atoms. The first-order valence-corrected chi connectivity index (χ1v) is 6.30. The highest BCUT2D eigenvalue weighted by Crippen LogP contribution is 2.28. The molecule has 0 aliphatic carbocycles. The monoisotopic (exact) mass is 306 g/mol. The molecule has 1 unspecified atom stereocenters. The smallest absolute Gasteiger partial charge is 0.450 e. The van der Waals surface area contributed by atoms with Gasteiger partial charge in [-0.1, -0.05) is 30.3 Å². The maximum absolute atomic E-state index is 12.6. The Bertz CT molecular complexity index is 497. The van der Waals surface area contributed by atoms with Gasteiger partial charge >= 0.3 is 6.18 Å². The van der Waals surface area contributed by atoms with Gasteiger partial charge in [-0.2, -0.15) is 13.2 Å². The van der Waals surface area contributed by atoms with Crippen molar-refractivity contribution in [3.05, 3.63) is 47.2 Å². The number of benzene rings is 1. The summed E-state index contributed by atoms with van der Waals surface area (Å²) in [5.74, 6) is -3.51. The van der Waals surface area contributed by atoms with E-state index in [-0.39, 0.29) is 18.8 Å². The highest BCUT2D eigenvalue weighted by Gasteiger charge is 2.44. The third kappa shape index (κ3) is 4.56. The second-order valence-electron chi connectivity index (χ2n) is 4.15. The van der Waals surface area contributed by atoms with Crippen LogP contribution < -0.4 is 0 Å². The van der Waals surface area contributed by atoms with E-state index in [0.717, 1.165) is 0 Å². The predicted molar refractivity (Wildman–Crippen MR) is 70.5 cm³/mol. The number of Topliss-reactive ketones (excluding diaryl/α,β-unsaturated/α-hetero) is 1. The van der Waals surface area contributed by atoms with Gasteiger partial charge in [-0.25, -0.2) is 0 Å². The summed E-state index contributed by atoms with van der Waals surface area (Å²) in [6, 6.07) is 6.32. The Hall–Kier alpha value is -1.49. The number of halogens is 4. The molecular formula is C14H14ClF3O2. The SMILES string of the molecule is C=C(OCC)C(Cc1cccc(Cl)c1)C(=O)C(F)(F)F. The third-order valence-corrected chi connectivity index (χ3v) is 2.88. The molecule has 0 bridgehead atoms. The van der Waals surface area contributed by atoms with Crippen molar-refractivity contribution in [1.29, 1.82) is 0 Å². The lowest BCUT2D eigenvalue weighted by atomic mass is 9.93.